The van der Waals surface area contributed by atoms with E-state index in [1.54, 1.807) is 0 Å². The summed E-state index contributed by atoms with van der Waals surface area (Å²) in [5.74, 6) is 1.07. The molecule has 0 atom stereocenters. The lowest BCUT2D eigenvalue weighted by Gasteiger charge is -2.02. The minimum Gasteiger partial charge on any atom is -0.383 e. The van der Waals surface area contributed by atoms with Crippen LogP contribution in [0.5, 0.6) is 0 Å². The second-order valence-electron chi connectivity index (χ2n) is 4.67. The van der Waals surface area contributed by atoms with Gasteiger partial charge in [-0.3, -0.25) is 4.99 Å². The maximum Gasteiger partial charge on any atom is 0.0806 e. The van der Waals surface area contributed by atoms with Crippen molar-refractivity contribution in [3.05, 3.63) is 29.6 Å². The second-order valence-corrected chi connectivity index (χ2v) is 5.84. The first-order valence-corrected chi connectivity index (χ1v) is 8.52. The quantitative estimate of drug-likeness (QED) is 0.543. The number of thioether (sulfide) groups is 1. The molecule has 0 heterocycles. The van der Waals surface area contributed by atoms with Crippen LogP contribution in [0, 0.1) is 0 Å². The van der Waals surface area contributed by atoms with E-state index in [1.807, 2.05) is 11.8 Å². The van der Waals surface area contributed by atoms with Gasteiger partial charge in [0.05, 0.1) is 11.0 Å². The summed E-state index contributed by atoms with van der Waals surface area (Å²) in [6, 6.07) is 8.60. The van der Waals surface area contributed by atoms with Crippen molar-refractivity contribution in [3.8, 4) is 0 Å². The molecule has 3 N–H and O–H groups in total. The van der Waals surface area contributed by atoms with Crippen LogP contribution in [0.15, 0.2) is 34.2 Å². The average molecular weight is 293 g/mol. The molecule has 112 valence electrons. The minimum atomic E-state index is 0.756. The van der Waals surface area contributed by atoms with Gasteiger partial charge < -0.3 is 11.1 Å². The first kappa shape index (κ1) is 17.1. The Labute approximate surface area is 127 Å². The summed E-state index contributed by atoms with van der Waals surface area (Å²) in [4.78, 5) is 5.94. The van der Waals surface area contributed by atoms with Crippen molar-refractivity contribution in [1.82, 2.24) is 0 Å². The van der Waals surface area contributed by atoms with E-state index in [9.17, 15) is 0 Å². The van der Waals surface area contributed by atoms with E-state index in [0.717, 1.165) is 55.7 Å². The third kappa shape index (κ3) is 6.44. The van der Waals surface area contributed by atoms with E-state index < -0.39 is 0 Å². The topological polar surface area (TPSA) is 50.4 Å². The Morgan fingerprint density at radius 3 is 2.65 bits per heavy atom. The highest BCUT2D eigenvalue weighted by Gasteiger charge is 1.97. The Morgan fingerprint density at radius 1 is 1.15 bits per heavy atom. The summed E-state index contributed by atoms with van der Waals surface area (Å²) in [6.45, 7) is 6.94. The van der Waals surface area contributed by atoms with Crippen LogP contribution in [-0.4, -0.2) is 25.4 Å². The molecule has 0 fully saturated rings. The molecule has 0 saturated heterocycles. The van der Waals surface area contributed by atoms with Crippen molar-refractivity contribution in [2.75, 3.05) is 30.7 Å². The van der Waals surface area contributed by atoms with Gasteiger partial charge in [-0.1, -0.05) is 13.8 Å². The van der Waals surface area contributed by atoms with E-state index in [4.69, 9.17) is 5.73 Å². The lowest BCUT2D eigenvalue weighted by Crippen LogP contribution is -2.11. The van der Waals surface area contributed by atoms with Gasteiger partial charge in [0.2, 0.25) is 0 Å². The summed E-state index contributed by atoms with van der Waals surface area (Å²) in [5, 5.41) is 4.52. The van der Waals surface area contributed by atoms with E-state index in [2.05, 4.69) is 48.4 Å². The van der Waals surface area contributed by atoms with Crippen molar-refractivity contribution < 1.29 is 0 Å². The number of hydrogen-bond acceptors (Lipinski definition) is 4. The summed E-state index contributed by atoms with van der Waals surface area (Å²) in [5.41, 5.74) is 6.67. The predicted octanol–water partition coefficient (Wildman–Crippen LogP) is 3.26. The van der Waals surface area contributed by atoms with Gasteiger partial charge in [-0.05, 0) is 55.8 Å². The number of anilines is 1. The molecular weight excluding hydrogens is 266 g/mol. The highest BCUT2D eigenvalue weighted by atomic mass is 32.2. The Hall–Kier alpha value is -1.00. The molecule has 0 bridgehead atoms. The van der Waals surface area contributed by atoms with Crippen LogP contribution in [0.4, 0.5) is 5.69 Å². The SMILES string of the molecule is CCCN=c1ccc(SCCCN)ccc1NCCC. The molecule has 0 aliphatic rings. The van der Waals surface area contributed by atoms with Crippen LogP contribution in [-0.2, 0) is 0 Å². The van der Waals surface area contributed by atoms with Crippen LogP contribution < -0.4 is 16.4 Å². The van der Waals surface area contributed by atoms with Crippen LogP contribution in [0.2, 0.25) is 0 Å². The van der Waals surface area contributed by atoms with Crippen LogP contribution in [0.25, 0.3) is 0 Å². The maximum absolute atomic E-state index is 5.54. The molecule has 4 heteroatoms. The summed E-state index contributed by atoms with van der Waals surface area (Å²) < 4.78 is 0. The third-order valence-electron chi connectivity index (χ3n) is 2.78. The molecule has 0 aromatic heterocycles. The van der Waals surface area contributed by atoms with E-state index in [1.165, 1.54) is 4.90 Å². The van der Waals surface area contributed by atoms with Crippen molar-refractivity contribution in [2.45, 2.75) is 38.0 Å². The van der Waals surface area contributed by atoms with Gasteiger partial charge in [-0.25, -0.2) is 0 Å². The largest absolute Gasteiger partial charge is 0.383 e. The normalized spacial score (nSPS) is 11.7. The standard InChI is InChI=1S/C16H27N3S/c1-3-11-18-15-8-6-14(20-13-5-10-17)7-9-16(15)19-12-4-2/h6-9H,3-5,10-13,17H2,1-2H3,(H,18,19). The molecule has 1 rings (SSSR count). The zero-order valence-corrected chi connectivity index (χ0v) is 13.5. The maximum atomic E-state index is 5.54. The zero-order valence-electron chi connectivity index (χ0n) is 12.7. The van der Waals surface area contributed by atoms with Gasteiger partial charge in [0.1, 0.15) is 0 Å². The molecular formula is C16H27N3S. The molecule has 0 aliphatic heterocycles. The van der Waals surface area contributed by atoms with Gasteiger partial charge >= 0.3 is 0 Å². The highest BCUT2D eigenvalue weighted by molar-refractivity contribution is 7.99. The van der Waals surface area contributed by atoms with Crippen LogP contribution >= 0.6 is 11.8 Å². The van der Waals surface area contributed by atoms with Crippen LogP contribution in [0.1, 0.15) is 33.1 Å². The highest BCUT2D eigenvalue weighted by Crippen LogP contribution is 2.17. The van der Waals surface area contributed by atoms with Gasteiger partial charge in [-0.15, -0.1) is 11.8 Å². The monoisotopic (exact) mass is 293 g/mol. The van der Waals surface area contributed by atoms with Crippen molar-refractivity contribution in [1.29, 1.82) is 0 Å². The molecule has 0 aliphatic carbocycles. The smallest absolute Gasteiger partial charge is 0.0806 e. The van der Waals surface area contributed by atoms with E-state index >= 15 is 0 Å². The fourth-order valence-corrected chi connectivity index (χ4v) is 2.58. The summed E-state index contributed by atoms with van der Waals surface area (Å²) in [6.07, 6.45) is 3.24. The predicted molar refractivity (Wildman–Crippen MR) is 90.3 cm³/mol. The van der Waals surface area contributed by atoms with Gasteiger partial charge in [-0.2, -0.15) is 0 Å². The number of hydrogen-bond donors (Lipinski definition) is 2. The van der Waals surface area contributed by atoms with Crippen molar-refractivity contribution in [2.24, 2.45) is 10.7 Å². The number of nitrogens with zero attached hydrogens (tertiary/aromatic N) is 1. The molecule has 20 heavy (non-hydrogen) atoms. The van der Waals surface area contributed by atoms with Gasteiger partial charge in [0.25, 0.3) is 0 Å². The molecule has 0 saturated carbocycles. The third-order valence-corrected chi connectivity index (χ3v) is 3.88. The molecule has 3 nitrogen and oxygen atoms in total. The Balaban J connectivity index is 2.92. The average Bonchev–Trinajstić information content (AvgIpc) is 2.66. The fraction of sp³-hybridized carbons (Fsp3) is 0.562. The molecule has 0 amide bonds. The molecule has 0 unspecified atom stereocenters. The summed E-state index contributed by atoms with van der Waals surface area (Å²) >= 11 is 1.85. The van der Waals surface area contributed by atoms with Crippen molar-refractivity contribution in [3.63, 3.8) is 0 Å². The molecule has 0 radical (unpaired) electrons. The number of nitrogens with two attached hydrogens (primary N) is 1. The Kier molecular flexibility index (Phi) is 9.16. The first-order valence-electron chi connectivity index (χ1n) is 7.53. The number of rotatable bonds is 9. The Bertz CT molecular complexity index is 446. The fourth-order valence-electron chi connectivity index (χ4n) is 1.71. The number of nitrogens with one attached hydrogen (secondary N) is 1. The summed E-state index contributed by atoms with van der Waals surface area (Å²) in [7, 11) is 0. The first-order chi connectivity index (χ1) is 9.81. The van der Waals surface area contributed by atoms with Gasteiger partial charge in [0, 0.05) is 18.0 Å². The lowest BCUT2D eigenvalue weighted by atomic mass is 10.3. The molecule has 1 aromatic carbocycles. The minimum absolute atomic E-state index is 0.756. The van der Waals surface area contributed by atoms with Crippen LogP contribution in [0.3, 0.4) is 0 Å². The van der Waals surface area contributed by atoms with E-state index in [0.29, 0.717) is 0 Å². The Morgan fingerprint density at radius 2 is 1.95 bits per heavy atom. The molecule has 1 aromatic rings. The van der Waals surface area contributed by atoms with Crippen molar-refractivity contribution >= 4 is 17.4 Å². The molecule has 0 spiro atoms. The zero-order chi connectivity index (χ0) is 14.6. The lowest BCUT2D eigenvalue weighted by molar-refractivity contribution is 0.901. The van der Waals surface area contributed by atoms with E-state index in [-0.39, 0.29) is 0 Å². The van der Waals surface area contributed by atoms with Gasteiger partial charge in [0.15, 0.2) is 0 Å². The second kappa shape index (κ2) is 10.7.